The number of hydrogen-bond donors (Lipinski definition) is 1. The summed E-state index contributed by atoms with van der Waals surface area (Å²) in [5.74, 6) is -0.361. The van der Waals surface area contributed by atoms with Gasteiger partial charge in [0.05, 0.1) is 24.5 Å². The van der Waals surface area contributed by atoms with Crippen LogP contribution in [0.3, 0.4) is 0 Å². The maximum Gasteiger partial charge on any atom is 0.330 e. The number of H-pyrrole nitrogens is 1. The van der Waals surface area contributed by atoms with Gasteiger partial charge < -0.3 is 9.72 Å². The Morgan fingerprint density at radius 1 is 1.53 bits per heavy atom. The first-order chi connectivity index (χ1) is 7.29. The van der Waals surface area contributed by atoms with Gasteiger partial charge in [-0.1, -0.05) is 6.07 Å². The summed E-state index contributed by atoms with van der Waals surface area (Å²) in [6, 6.07) is 5.70. The lowest BCUT2D eigenvalue weighted by atomic mass is 10.2. The van der Waals surface area contributed by atoms with Crippen LogP contribution >= 0.6 is 0 Å². The highest BCUT2D eigenvalue weighted by Crippen LogP contribution is 2.12. The molecule has 2 rings (SSSR count). The van der Waals surface area contributed by atoms with E-state index in [9.17, 15) is 4.79 Å². The minimum absolute atomic E-state index is 0.361. The number of carbonyl (C=O) groups is 1. The molecule has 4 heteroatoms. The average molecular weight is 202 g/mol. The van der Waals surface area contributed by atoms with Crippen molar-refractivity contribution in [3.63, 3.8) is 0 Å². The minimum atomic E-state index is -0.361. The van der Waals surface area contributed by atoms with Gasteiger partial charge in [-0.25, -0.2) is 9.78 Å². The van der Waals surface area contributed by atoms with Crippen LogP contribution in [0.25, 0.3) is 17.1 Å². The van der Waals surface area contributed by atoms with Crippen molar-refractivity contribution < 1.29 is 9.53 Å². The predicted octanol–water partition coefficient (Wildman–Crippen LogP) is 1.75. The van der Waals surface area contributed by atoms with Gasteiger partial charge in [0.1, 0.15) is 0 Å². The molecular formula is C11H10N2O2. The summed E-state index contributed by atoms with van der Waals surface area (Å²) >= 11 is 0. The zero-order valence-corrected chi connectivity index (χ0v) is 8.23. The molecule has 0 bridgehead atoms. The SMILES string of the molecule is COC(=O)/C=C/c1ccc2nc[nH]c2c1. The maximum absolute atomic E-state index is 10.9. The molecule has 76 valence electrons. The summed E-state index contributed by atoms with van der Waals surface area (Å²) < 4.78 is 4.50. The molecule has 1 heterocycles. The number of rotatable bonds is 2. The average Bonchev–Trinajstić information content (AvgIpc) is 2.72. The van der Waals surface area contributed by atoms with E-state index in [0.717, 1.165) is 16.6 Å². The Morgan fingerprint density at radius 3 is 3.20 bits per heavy atom. The highest BCUT2D eigenvalue weighted by molar-refractivity contribution is 5.88. The lowest BCUT2D eigenvalue weighted by Crippen LogP contribution is -1.93. The Hall–Kier alpha value is -2.10. The lowest BCUT2D eigenvalue weighted by Gasteiger charge is -1.93. The van der Waals surface area contributed by atoms with E-state index in [-0.39, 0.29) is 5.97 Å². The highest BCUT2D eigenvalue weighted by atomic mass is 16.5. The first-order valence-electron chi connectivity index (χ1n) is 4.49. The summed E-state index contributed by atoms with van der Waals surface area (Å²) in [6.07, 6.45) is 4.72. The van der Waals surface area contributed by atoms with E-state index in [4.69, 9.17) is 0 Å². The highest BCUT2D eigenvalue weighted by Gasteiger charge is 1.96. The van der Waals surface area contributed by atoms with Crippen LogP contribution in [-0.2, 0) is 9.53 Å². The molecule has 0 spiro atoms. The number of ether oxygens (including phenoxy) is 1. The molecule has 0 saturated carbocycles. The Balaban J connectivity index is 2.28. The molecule has 0 unspecified atom stereocenters. The molecule has 0 amide bonds. The van der Waals surface area contributed by atoms with Crippen LogP contribution in [0.5, 0.6) is 0 Å². The summed E-state index contributed by atoms with van der Waals surface area (Å²) in [5, 5.41) is 0. The molecule has 0 atom stereocenters. The number of benzene rings is 1. The van der Waals surface area contributed by atoms with Crippen LogP contribution in [0.15, 0.2) is 30.6 Å². The topological polar surface area (TPSA) is 55.0 Å². The smallest absolute Gasteiger partial charge is 0.330 e. The van der Waals surface area contributed by atoms with E-state index in [1.807, 2.05) is 18.2 Å². The van der Waals surface area contributed by atoms with Gasteiger partial charge in [0.2, 0.25) is 0 Å². The van der Waals surface area contributed by atoms with Gasteiger partial charge in [-0.2, -0.15) is 0 Å². The van der Waals surface area contributed by atoms with Crippen molar-refractivity contribution in [1.29, 1.82) is 0 Å². The number of esters is 1. The van der Waals surface area contributed by atoms with Crippen molar-refractivity contribution in [3.05, 3.63) is 36.2 Å². The van der Waals surface area contributed by atoms with Gasteiger partial charge in [-0.15, -0.1) is 0 Å². The Kier molecular flexibility index (Phi) is 2.49. The van der Waals surface area contributed by atoms with Gasteiger partial charge in [-0.3, -0.25) is 0 Å². The molecule has 2 aromatic rings. The first kappa shape index (κ1) is 9.45. The third-order valence-corrected chi connectivity index (χ3v) is 2.06. The second-order valence-corrected chi connectivity index (χ2v) is 3.04. The van der Waals surface area contributed by atoms with Crippen molar-refractivity contribution in [2.75, 3.05) is 7.11 Å². The number of hydrogen-bond acceptors (Lipinski definition) is 3. The quantitative estimate of drug-likeness (QED) is 0.596. The van der Waals surface area contributed by atoms with Gasteiger partial charge in [-0.05, 0) is 23.8 Å². The third kappa shape index (κ3) is 2.04. The van der Waals surface area contributed by atoms with Crippen LogP contribution in [0.1, 0.15) is 5.56 Å². The van der Waals surface area contributed by atoms with E-state index in [1.54, 1.807) is 12.4 Å². The van der Waals surface area contributed by atoms with E-state index >= 15 is 0 Å². The lowest BCUT2D eigenvalue weighted by molar-refractivity contribution is -0.134. The van der Waals surface area contributed by atoms with E-state index in [0.29, 0.717) is 0 Å². The standard InChI is InChI=1S/C11H10N2O2/c1-15-11(14)5-3-8-2-4-9-10(6-8)13-7-12-9/h2-7H,1H3,(H,12,13)/b5-3+. The molecule has 0 aliphatic carbocycles. The number of carbonyl (C=O) groups excluding carboxylic acids is 1. The normalized spacial score (nSPS) is 11.0. The molecule has 1 aromatic carbocycles. The zero-order chi connectivity index (χ0) is 10.7. The fourth-order valence-electron chi connectivity index (χ4n) is 1.29. The van der Waals surface area contributed by atoms with Crippen LogP contribution < -0.4 is 0 Å². The summed E-state index contributed by atoms with van der Waals surface area (Å²) in [6.45, 7) is 0. The number of fused-ring (bicyclic) bond motifs is 1. The molecule has 0 saturated heterocycles. The summed E-state index contributed by atoms with van der Waals surface area (Å²) in [4.78, 5) is 18.0. The molecular weight excluding hydrogens is 192 g/mol. The molecule has 0 fully saturated rings. The van der Waals surface area contributed by atoms with Crippen LogP contribution in [0.2, 0.25) is 0 Å². The number of methoxy groups -OCH3 is 1. The van der Waals surface area contributed by atoms with E-state index in [1.165, 1.54) is 13.2 Å². The van der Waals surface area contributed by atoms with Crippen molar-refractivity contribution >= 4 is 23.1 Å². The number of aromatic nitrogens is 2. The Morgan fingerprint density at radius 2 is 2.40 bits per heavy atom. The van der Waals surface area contributed by atoms with E-state index < -0.39 is 0 Å². The van der Waals surface area contributed by atoms with E-state index in [2.05, 4.69) is 14.7 Å². The van der Waals surface area contributed by atoms with Gasteiger partial charge in [0, 0.05) is 6.08 Å². The second-order valence-electron chi connectivity index (χ2n) is 3.04. The Bertz CT molecular complexity index is 514. The van der Waals surface area contributed by atoms with Crippen molar-refractivity contribution in [3.8, 4) is 0 Å². The largest absolute Gasteiger partial charge is 0.466 e. The maximum atomic E-state index is 10.9. The summed E-state index contributed by atoms with van der Waals surface area (Å²) in [7, 11) is 1.35. The Labute approximate surface area is 86.6 Å². The minimum Gasteiger partial charge on any atom is -0.466 e. The number of imidazole rings is 1. The molecule has 4 nitrogen and oxygen atoms in total. The third-order valence-electron chi connectivity index (χ3n) is 2.06. The summed E-state index contributed by atoms with van der Waals surface area (Å²) in [5.41, 5.74) is 2.78. The molecule has 0 aliphatic rings. The zero-order valence-electron chi connectivity index (χ0n) is 8.23. The van der Waals surface area contributed by atoms with Crippen LogP contribution in [0, 0.1) is 0 Å². The van der Waals surface area contributed by atoms with Crippen LogP contribution in [-0.4, -0.2) is 23.0 Å². The van der Waals surface area contributed by atoms with Gasteiger partial charge >= 0.3 is 5.97 Å². The number of aromatic amines is 1. The fourth-order valence-corrected chi connectivity index (χ4v) is 1.29. The van der Waals surface area contributed by atoms with Crippen molar-refractivity contribution in [1.82, 2.24) is 9.97 Å². The molecule has 0 radical (unpaired) electrons. The predicted molar refractivity (Wildman–Crippen MR) is 57.1 cm³/mol. The monoisotopic (exact) mass is 202 g/mol. The first-order valence-corrected chi connectivity index (χ1v) is 4.49. The number of nitrogens with one attached hydrogen (secondary N) is 1. The molecule has 0 aliphatic heterocycles. The molecule has 15 heavy (non-hydrogen) atoms. The van der Waals surface area contributed by atoms with Crippen molar-refractivity contribution in [2.45, 2.75) is 0 Å². The van der Waals surface area contributed by atoms with Crippen LogP contribution in [0.4, 0.5) is 0 Å². The van der Waals surface area contributed by atoms with Gasteiger partial charge in [0.15, 0.2) is 0 Å². The second kappa shape index (κ2) is 3.96. The van der Waals surface area contributed by atoms with Gasteiger partial charge in [0.25, 0.3) is 0 Å². The molecule has 1 N–H and O–H groups in total. The fraction of sp³-hybridized carbons (Fsp3) is 0.0909. The number of nitrogens with zero attached hydrogens (tertiary/aromatic N) is 1. The van der Waals surface area contributed by atoms with Crippen molar-refractivity contribution in [2.24, 2.45) is 0 Å². The molecule has 1 aromatic heterocycles.